The highest BCUT2D eigenvalue weighted by atomic mass is 32.2. The standard InChI is InChI=1S/C13H17N3O2S2/c1-16(11-6-9-2-3-10(7-11)15-9)20(17,18)13-5-4-12(8-14)19-13/h4-5,9-11,15H,2-3,6-7H2,1H3. The van der Waals surface area contributed by atoms with Crippen LogP contribution in [0.3, 0.4) is 0 Å². The molecule has 7 heteroatoms. The van der Waals surface area contributed by atoms with E-state index in [-0.39, 0.29) is 10.3 Å². The van der Waals surface area contributed by atoms with Gasteiger partial charge in [0.05, 0.1) is 0 Å². The van der Waals surface area contributed by atoms with Crippen molar-refractivity contribution >= 4 is 21.4 Å². The topological polar surface area (TPSA) is 73.2 Å². The number of hydrogen-bond acceptors (Lipinski definition) is 5. The highest BCUT2D eigenvalue weighted by Crippen LogP contribution is 2.33. The van der Waals surface area contributed by atoms with E-state index >= 15 is 0 Å². The van der Waals surface area contributed by atoms with Crippen LogP contribution in [0, 0.1) is 11.3 Å². The van der Waals surface area contributed by atoms with Crippen molar-refractivity contribution in [1.29, 1.82) is 5.26 Å². The van der Waals surface area contributed by atoms with E-state index < -0.39 is 10.0 Å². The lowest BCUT2D eigenvalue weighted by molar-refractivity contribution is 0.252. The summed E-state index contributed by atoms with van der Waals surface area (Å²) in [6.07, 6.45) is 4.05. The third-order valence-electron chi connectivity index (χ3n) is 4.29. The van der Waals surface area contributed by atoms with Crippen LogP contribution < -0.4 is 5.32 Å². The summed E-state index contributed by atoms with van der Waals surface area (Å²) in [4.78, 5) is 0.433. The van der Waals surface area contributed by atoms with E-state index in [0.717, 1.165) is 37.0 Å². The molecule has 0 amide bonds. The van der Waals surface area contributed by atoms with Crippen LogP contribution in [-0.4, -0.2) is 37.9 Å². The second-order valence-corrected chi connectivity index (χ2v) is 8.82. The maximum Gasteiger partial charge on any atom is 0.252 e. The van der Waals surface area contributed by atoms with Crippen molar-refractivity contribution in [2.45, 2.75) is 48.0 Å². The molecule has 108 valence electrons. The largest absolute Gasteiger partial charge is 0.311 e. The summed E-state index contributed by atoms with van der Waals surface area (Å²) in [7, 11) is -1.81. The van der Waals surface area contributed by atoms with Gasteiger partial charge in [0.25, 0.3) is 10.0 Å². The number of piperidine rings is 1. The van der Waals surface area contributed by atoms with E-state index in [2.05, 4.69) is 5.32 Å². The molecule has 20 heavy (non-hydrogen) atoms. The van der Waals surface area contributed by atoms with Crippen molar-refractivity contribution in [3.8, 4) is 6.07 Å². The van der Waals surface area contributed by atoms with Crippen LogP contribution >= 0.6 is 11.3 Å². The molecule has 0 spiro atoms. The van der Waals surface area contributed by atoms with E-state index in [4.69, 9.17) is 5.26 Å². The Morgan fingerprint density at radius 2 is 2.00 bits per heavy atom. The van der Waals surface area contributed by atoms with Crippen LogP contribution in [0.4, 0.5) is 0 Å². The number of fused-ring (bicyclic) bond motifs is 2. The molecule has 3 heterocycles. The number of nitrogens with zero attached hydrogens (tertiary/aromatic N) is 2. The fourth-order valence-corrected chi connectivity index (χ4v) is 5.85. The Morgan fingerprint density at radius 1 is 1.35 bits per heavy atom. The first-order valence-corrected chi connectivity index (χ1v) is 9.00. The Kier molecular flexibility index (Phi) is 3.58. The molecule has 1 aromatic rings. The second kappa shape index (κ2) is 5.11. The van der Waals surface area contributed by atoms with Crippen molar-refractivity contribution in [1.82, 2.24) is 9.62 Å². The Bertz CT molecular complexity index is 635. The average Bonchev–Trinajstić information content (AvgIpc) is 3.04. The van der Waals surface area contributed by atoms with Crippen LogP contribution in [0.25, 0.3) is 0 Å². The molecule has 2 bridgehead atoms. The highest BCUT2D eigenvalue weighted by molar-refractivity contribution is 7.91. The van der Waals surface area contributed by atoms with Gasteiger partial charge in [-0.15, -0.1) is 11.3 Å². The highest BCUT2D eigenvalue weighted by Gasteiger charge is 2.39. The first-order valence-electron chi connectivity index (χ1n) is 6.74. The predicted octanol–water partition coefficient (Wildman–Crippen LogP) is 1.52. The molecule has 2 atom stereocenters. The molecule has 1 N–H and O–H groups in total. The summed E-state index contributed by atoms with van der Waals surface area (Å²) in [5.74, 6) is 0. The van der Waals surface area contributed by atoms with Gasteiger partial charge in [-0.3, -0.25) is 0 Å². The summed E-state index contributed by atoms with van der Waals surface area (Å²) in [5.41, 5.74) is 0. The first kappa shape index (κ1) is 14.0. The molecule has 2 aliphatic rings. The van der Waals surface area contributed by atoms with E-state index in [1.807, 2.05) is 6.07 Å². The Balaban J connectivity index is 1.82. The van der Waals surface area contributed by atoms with Crippen LogP contribution in [-0.2, 0) is 10.0 Å². The maximum absolute atomic E-state index is 12.6. The Hall–Kier alpha value is -0.940. The Morgan fingerprint density at radius 3 is 2.55 bits per heavy atom. The van der Waals surface area contributed by atoms with Crippen molar-refractivity contribution < 1.29 is 8.42 Å². The van der Waals surface area contributed by atoms with Gasteiger partial charge < -0.3 is 5.32 Å². The van der Waals surface area contributed by atoms with Crippen molar-refractivity contribution in [3.63, 3.8) is 0 Å². The molecule has 0 aromatic carbocycles. The molecule has 1 aromatic heterocycles. The minimum absolute atomic E-state index is 0.0615. The molecule has 2 fully saturated rings. The number of hydrogen-bond donors (Lipinski definition) is 1. The fourth-order valence-electron chi connectivity index (χ4n) is 3.18. The Labute approximate surface area is 123 Å². The monoisotopic (exact) mass is 311 g/mol. The lowest BCUT2D eigenvalue weighted by atomic mass is 10.0. The molecule has 0 radical (unpaired) electrons. The second-order valence-electron chi connectivity index (χ2n) is 5.51. The molecule has 0 saturated carbocycles. The van der Waals surface area contributed by atoms with Crippen LogP contribution in [0.2, 0.25) is 0 Å². The summed E-state index contributed by atoms with van der Waals surface area (Å²) >= 11 is 1.04. The summed E-state index contributed by atoms with van der Waals surface area (Å²) < 4.78 is 27.0. The predicted molar refractivity (Wildman–Crippen MR) is 77.0 cm³/mol. The fraction of sp³-hybridized carbons (Fsp3) is 0.615. The molecule has 0 aliphatic carbocycles. The van der Waals surface area contributed by atoms with Gasteiger partial charge in [-0.2, -0.15) is 9.57 Å². The van der Waals surface area contributed by atoms with Gasteiger partial charge in [0, 0.05) is 25.2 Å². The zero-order chi connectivity index (χ0) is 14.3. The van der Waals surface area contributed by atoms with E-state index in [0.29, 0.717) is 17.0 Å². The number of rotatable bonds is 3. The molecule has 3 rings (SSSR count). The quantitative estimate of drug-likeness (QED) is 0.918. The summed E-state index contributed by atoms with van der Waals surface area (Å²) in [6, 6.07) is 6.05. The normalized spacial score (nSPS) is 29.6. The number of thiophene rings is 1. The zero-order valence-corrected chi connectivity index (χ0v) is 12.9. The van der Waals surface area contributed by atoms with Gasteiger partial charge >= 0.3 is 0 Å². The molecular weight excluding hydrogens is 294 g/mol. The zero-order valence-electron chi connectivity index (χ0n) is 11.2. The lowest BCUT2D eigenvalue weighted by Crippen LogP contribution is -2.48. The van der Waals surface area contributed by atoms with Gasteiger partial charge in [0.1, 0.15) is 15.2 Å². The SMILES string of the molecule is CN(C1CC2CCC(C1)N2)S(=O)(=O)c1ccc(C#N)s1. The van der Waals surface area contributed by atoms with E-state index in [1.54, 1.807) is 13.1 Å². The van der Waals surface area contributed by atoms with E-state index in [9.17, 15) is 8.42 Å². The lowest BCUT2D eigenvalue weighted by Gasteiger charge is -2.34. The number of sulfonamides is 1. The number of nitrogens with one attached hydrogen (secondary N) is 1. The van der Waals surface area contributed by atoms with Gasteiger partial charge in [-0.25, -0.2) is 8.42 Å². The van der Waals surface area contributed by atoms with Gasteiger partial charge in [0.15, 0.2) is 0 Å². The third kappa shape index (κ3) is 2.37. The first-order chi connectivity index (χ1) is 9.50. The number of nitriles is 1. The maximum atomic E-state index is 12.6. The summed E-state index contributed by atoms with van der Waals surface area (Å²) in [6.45, 7) is 0. The van der Waals surface area contributed by atoms with Crippen LogP contribution in [0.15, 0.2) is 16.3 Å². The van der Waals surface area contributed by atoms with Crippen LogP contribution in [0.5, 0.6) is 0 Å². The minimum atomic E-state index is -3.47. The van der Waals surface area contributed by atoms with Gasteiger partial charge in [-0.1, -0.05) is 0 Å². The molecule has 5 nitrogen and oxygen atoms in total. The smallest absolute Gasteiger partial charge is 0.252 e. The molecule has 2 saturated heterocycles. The van der Waals surface area contributed by atoms with Gasteiger partial charge in [-0.05, 0) is 37.8 Å². The summed E-state index contributed by atoms with van der Waals surface area (Å²) in [5, 5.41) is 12.3. The molecular formula is C13H17N3O2S2. The van der Waals surface area contributed by atoms with Crippen molar-refractivity contribution in [3.05, 3.63) is 17.0 Å². The molecule has 2 aliphatic heterocycles. The van der Waals surface area contributed by atoms with Crippen LogP contribution in [0.1, 0.15) is 30.6 Å². The average molecular weight is 311 g/mol. The van der Waals surface area contributed by atoms with E-state index in [1.165, 1.54) is 10.4 Å². The third-order valence-corrected chi connectivity index (χ3v) is 7.65. The van der Waals surface area contributed by atoms with Gasteiger partial charge in [0.2, 0.25) is 0 Å². The van der Waals surface area contributed by atoms with Crippen molar-refractivity contribution in [2.75, 3.05) is 7.05 Å². The van der Waals surface area contributed by atoms with Crippen molar-refractivity contribution in [2.24, 2.45) is 0 Å². The minimum Gasteiger partial charge on any atom is -0.311 e. The molecule has 2 unspecified atom stereocenters.